The molecule has 272 valence electrons. The van der Waals surface area contributed by atoms with Crippen LogP contribution in [-0.4, -0.2) is 19.5 Å². The Labute approximate surface area is 329 Å². The first-order chi connectivity index (χ1) is 27.9. The van der Waals surface area contributed by atoms with E-state index in [0.717, 1.165) is 94.6 Å². The van der Waals surface area contributed by atoms with E-state index >= 15 is 0 Å². The predicted octanol–water partition coefficient (Wildman–Crippen LogP) is 13.9. The second-order valence-corrected chi connectivity index (χ2v) is 15.9. The van der Waals surface area contributed by atoms with Gasteiger partial charge in [0.1, 0.15) is 17.0 Å². The van der Waals surface area contributed by atoms with E-state index in [1.54, 1.807) is 0 Å². The molecule has 0 spiro atoms. The van der Waals surface area contributed by atoms with Gasteiger partial charge in [0.15, 0.2) is 0 Å². The summed E-state index contributed by atoms with van der Waals surface area (Å²) in [4.78, 5) is 14.4. The van der Waals surface area contributed by atoms with Crippen molar-refractivity contribution in [1.29, 1.82) is 0 Å². The van der Waals surface area contributed by atoms with Gasteiger partial charge in [0.25, 0.3) is 0 Å². The number of rotatable bonds is 5. The number of nitrogens with zero attached hydrogens (tertiary/aromatic N) is 3. The number of pyridine rings is 1. The quantitative estimate of drug-likeness (QED) is 0.191. The monoisotopic (exact) mass is 734 g/mol. The Hall–Kier alpha value is -7.24. The zero-order valence-electron chi connectivity index (χ0n) is 31.9. The van der Waals surface area contributed by atoms with Crippen LogP contribution in [0.5, 0.6) is 0 Å². The van der Waals surface area contributed by atoms with E-state index in [2.05, 4.69) is 164 Å². The summed E-state index contributed by atoms with van der Waals surface area (Å²) in [6, 6.07) is 58.0. The van der Waals surface area contributed by atoms with Gasteiger partial charge in [0.2, 0.25) is 0 Å². The molecule has 11 rings (SSSR count). The standard InChI is InChI=1S/C52H38N4O/c1-52(2,3)34-30-39-37-19-7-10-23-44(37)54-48(39)42(31-34)51-55-49-36(21-15-25-46(49)56(51)45-24-11-8-18-35(45)32-16-5-4-6-17-32)33-28-40-38-20-9-12-26-47(38)57-50(40)41(29-33)43-22-13-14-27-53-43/h4-31,54H,1-3H3. The summed E-state index contributed by atoms with van der Waals surface area (Å²) < 4.78 is 8.93. The van der Waals surface area contributed by atoms with Crippen molar-refractivity contribution in [3.05, 3.63) is 176 Å². The molecule has 0 saturated heterocycles. The van der Waals surface area contributed by atoms with Crippen LogP contribution in [0.4, 0.5) is 0 Å². The van der Waals surface area contributed by atoms with Crippen LogP contribution in [0.2, 0.25) is 0 Å². The molecular formula is C52H38N4O. The molecule has 5 nitrogen and oxygen atoms in total. The molecule has 0 aliphatic heterocycles. The Morgan fingerprint density at radius 2 is 1.32 bits per heavy atom. The minimum Gasteiger partial charge on any atom is -0.455 e. The third-order valence-electron chi connectivity index (χ3n) is 11.4. The molecule has 4 aromatic heterocycles. The van der Waals surface area contributed by atoms with Crippen LogP contribution in [0.15, 0.2) is 174 Å². The lowest BCUT2D eigenvalue weighted by Gasteiger charge is -2.21. The summed E-state index contributed by atoms with van der Waals surface area (Å²) in [5.74, 6) is 0.878. The van der Waals surface area contributed by atoms with Crippen molar-refractivity contribution in [2.45, 2.75) is 26.2 Å². The van der Waals surface area contributed by atoms with Gasteiger partial charge in [-0.2, -0.15) is 0 Å². The molecular weight excluding hydrogens is 697 g/mol. The van der Waals surface area contributed by atoms with E-state index in [4.69, 9.17) is 14.4 Å². The maximum Gasteiger partial charge on any atom is 0.147 e. The van der Waals surface area contributed by atoms with Gasteiger partial charge in [0.05, 0.1) is 27.9 Å². The third-order valence-corrected chi connectivity index (χ3v) is 11.4. The van der Waals surface area contributed by atoms with E-state index in [1.165, 1.54) is 16.3 Å². The fourth-order valence-corrected chi connectivity index (χ4v) is 8.54. The topological polar surface area (TPSA) is 59.6 Å². The Bertz CT molecular complexity index is 3330. The van der Waals surface area contributed by atoms with Gasteiger partial charge >= 0.3 is 0 Å². The molecule has 0 radical (unpaired) electrons. The Balaban J connectivity index is 1.27. The lowest BCUT2D eigenvalue weighted by atomic mass is 9.85. The Kier molecular flexibility index (Phi) is 7.35. The van der Waals surface area contributed by atoms with Crippen LogP contribution in [0, 0.1) is 0 Å². The number of nitrogens with one attached hydrogen (secondary N) is 1. The smallest absolute Gasteiger partial charge is 0.147 e. The number of furan rings is 1. The van der Waals surface area contributed by atoms with Crippen molar-refractivity contribution < 1.29 is 4.42 Å². The molecule has 0 aliphatic rings. The number of para-hydroxylation sites is 4. The molecule has 0 fully saturated rings. The summed E-state index contributed by atoms with van der Waals surface area (Å²) in [5, 5.41) is 4.52. The first-order valence-electron chi connectivity index (χ1n) is 19.5. The van der Waals surface area contributed by atoms with E-state index in [9.17, 15) is 0 Å². The van der Waals surface area contributed by atoms with Gasteiger partial charge in [-0.25, -0.2) is 4.98 Å². The molecule has 57 heavy (non-hydrogen) atoms. The van der Waals surface area contributed by atoms with Gasteiger partial charge in [-0.3, -0.25) is 9.55 Å². The Morgan fingerprint density at radius 1 is 0.561 bits per heavy atom. The molecule has 0 aliphatic carbocycles. The lowest BCUT2D eigenvalue weighted by molar-refractivity contribution is 0.591. The van der Waals surface area contributed by atoms with E-state index in [1.807, 2.05) is 36.5 Å². The summed E-state index contributed by atoms with van der Waals surface area (Å²) in [5.41, 5.74) is 15.2. The summed E-state index contributed by atoms with van der Waals surface area (Å²) >= 11 is 0. The largest absolute Gasteiger partial charge is 0.455 e. The maximum absolute atomic E-state index is 6.55. The highest BCUT2D eigenvalue weighted by molar-refractivity contribution is 6.14. The molecule has 0 saturated carbocycles. The number of hydrogen-bond acceptors (Lipinski definition) is 3. The number of benzene rings is 7. The third kappa shape index (κ3) is 5.31. The van der Waals surface area contributed by atoms with Gasteiger partial charge in [-0.15, -0.1) is 0 Å². The zero-order chi connectivity index (χ0) is 38.3. The highest BCUT2D eigenvalue weighted by atomic mass is 16.3. The number of fused-ring (bicyclic) bond motifs is 7. The molecule has 11 aromatic rings. The van der Waals surface area contributed by atoms with Crippen molar-refractivity contribution in [3.63, 3.8) is 0 Å². The van der Waals surface area contributed by atoms with E-state index < -0.39 is 0 Å². The van der Waals surface area contributed by atoms with E-state index in [-0.39, 0.29) is 5.41 Å². The molecule has 0 atom stereocenters. The van der Waals surface area contributed by atoms with Crippen LogP contribution < -0.4 is 0 Å². The van der Waals surface area contributed by atoms with Crippen LogP contribution in [0.25, 0.3) is 105 Å². The molecule has 0 amide bonds. The molecule has 0 unspecified atom stereocenters. The second kappa shape index (κ2) is 12.7. The molecule has 0 bridgehead atoms. The second-order valence-electron chi connectivity index (χ2n) is 15.9. The minimum absolute atomic E-state index is 0.101. The van der Waals surface area contributed by atoms with Crippen molar-refractivity contribution in [2.75, 3.05) is 0 Å². The highest BCUT2D eigenvalue weighted by Gasteiger charge is 2.26. The molecule has 4 heterocycles. The van der Waals surface area contributed by atoms with Gasteiger partial charge in [-0.1, -0.05) is 124 Å². The summed E-state index contributed by atoms with van der Waals surface area (Å²) in [7, 11) is 0. The van der Waals surface area contributed by atoms with Crippen LogP contribution in [-0.2, 0) is 5.41 Å². The minimum atomic E-state index is -0.101. The molecule has 7 aromatic carbocycles. The van der Waals surface area contributed by atoms with Gasteiger partial charge in [-0.05, 0) is 82.8 Å². The number of aromatic amines is 1. The fraction of sp³-hybridized carbons (Fsp3) is 0.0769. The SMILES string of the molecule is CC(C)(C)c1cc(-c2nc3c(-c4cc(-c5ccccn5)c5oc6ccccc6c5c4)cccc3n2-c2ccccc2-c2ccccc2)c2[nH]c3ccccc3c2c1. The molecule has 5 heteroatoms. The van der Waals surface area contributed by atoms with Crippen LogP contribution >= 0.6 is 0 Å². The Morgan fingerprint density at radius 3 is 2.16 bits per heavy atom. The lowest BCUT2D eigenvalue weighted by Crippen LogP contribution is -2.11. The first kappa shape index (κ1) is 33.1. The van der Waals surface area contributed by atoms with Crippen molar-refractivity contribution >= 4 is 54.8 Å². The van der Waals surface area contributed by atoms with Crippen molar-refractivity contribution in [2.24, 2.45) is 0 Å². The maximum atomic E-state index is 6.55. The molecule has 1 N–H and O–H groups in total. The van der Waals surface area contributed by atoms with Crippen molar-refractivity contribution in [1.82, 2.24) is 19.5 Å². The normalized spacial score (nSPS) is 12.1. The highest BCUT2D eigenvalue weighted by Crippen LogP contribution is 2.44. The average molecular weight is 735 g/mol. The number of hydrogen-bond donors (Lipinski definition) is 1. The fourth-order valence-electron chi connectivity index (χ4n) is 8.54. The van der Waals surface area contributed by atoms with Crippen LogP contribution in [0.3, 0.4) is 0 Å². The van der Waals surface area contributed by atoms with Crippen LogP contribution in [0.1, 0.15) is 26.3 Å². The number of aromatic nitrogens is 4. The van der Waals surface area contributed by atoms with Crippen molar-refractivity contribution in [3.8, 4) is 50.6 Å². The average Bonchev–Trinajstić information content (AvgIpc) is 3.95. The first-order valence-corrected chi connectivity index (χ1v) is 19.5. The predicted molar refractivity (Wildman–Crippen MR) is 236 cm³/mol. The van der Waals surface area contributed by atoms with Gasteiger partial charge < -0.3 is 9.40 Å². The zero-order valence-corrected chi connectivity index (χ0v) is 31.9. The summed E-state index contributed by atoms with van der Waals surface area (Å²) in [6.07, 6.45) is 1.84. The number of H-pyrrole nitrogens is 1. The summed E-state index contributed by atoms with van der Waals surface area (Å²) in [6.45, 7) is 6.86. The van der Waals surface area contributed by atoms with E-state index in [0.29, 0.717) is 0 Å². The number of imidazole rings is 1. The van der Waals surface area contributed by atoms with Gasteiger partial charge in [0, 0.05) is 55.5 Å².